The molecule has 2 heterocycles. The smallest absolute Gasteiger partial charge is 0.391 e. The van der Waals surface area contributed by atoms with Gasteiger partial charge in [-0.2, -0.15) is 0 Å². The van der Waals surface area contributed by atoms with E-state index in [1.807, 2.05) is 0 Å². The van der Waals surface area contributed by atoms with Crippen molar-refractivity contribution in [2.24, 2.45) is 5.41 Å². The van der Waals surface area contributed by atoms with E-state index in [1.54, 1.807) is 14.0 Å². The first-order valence-electron chi connectivity index (χ1n) is 6.02. The fraction of sp³-hybridized carbons (Fsp3) is 0.636. The average molecular weight is 268 g/mol. The highest BCUT2D eigenvalue weighted by atomic mass is 16.4. The number of rotatable bonds is 3. The lowest BCUT2D eigenvalue weighted by Gasteiger charge is -2.34. The van der Waals surface area contributed by atoms with Gasteiger partial charge in [0.1, 0.15) is 5.41 Å². The van der Waals surface area contributed by atoms with Crippen molar-refractivity contribution in [1.82, 2.24) is 20.4 Å². The third-order valence-corrected chi connectivity index (χ3v) is 3.31. The van der Waals surface area contributed by atoms with Gasteiger partial charge in [-0.25, -0.2) is 9.89 Å². The Morgan fingerprint density at radius 2 is 2.26 bits per heavy atom. The molecule has 1 unspecified atom stereocenters. The highest BCUT2D eigenvalue weighted by Gasteiger charge is 2.44. The van der Waals surface area contributed by atoms with E-state index in [4.69, 9.17) is 4.42 Å². The number of piperidine rings is 1. The number of H-pyrrole nitrogens is 1. The average Bonchev–Trinajstić information content (AvgIpc) is 2.77. The number of nitrogens with zero attached hydrogens (tertiary/aromatic N) is 2. The van der Waals surface area contributed by atoms with Gasteiger partial charge in [0.05, 0.1) is 6.54 Å². The van der Waals surface area contributed by atoms with Gasteiger partial charge in [0.2, 0.25) is 17.7 Å². The van der Waals surface area contributed by atoms with Crippen molar-refractivity contribution in [1.29, 1.82) is 0 Å². The SMILES string of the molecule is CN(Cc1n[nH]c(=O)o1)C(=O)C1(C)CCCNC1=O. The van der Waals surface area contributed by atoms with Gasteiger partial charge in [-0.05, 0) is 19.8 Å². The van der Waals surface area contributed by atoms with Gasteiger partial charge in [0.15, 0.2) is 0 Å². The first-order valence-corrected chi connectivity index (χ1v) is 6.02. The first-order chi connectivity index (χ1) is 8.93. The summed E-state index contributed by atoms with van der Waals surface area (Å²) in [6, 6.07) is 0. The van der Waals surface area contributed by atoms with Crippen LogP contribution in [-0.2, 0) is 16.1 Å². The van der Waals surface area contributed by atoms with Crippen LogP contribution in [0.4, 0.5) is 0 Å². The Hall–Kier alpha value is -2.12. The molecule has 0 aromatic carbocycles. The molecule has 1 aliphatic rings. The molecule has 2 rings (SSSR count). The summed E-state index contributed by atoms with van der Waals surface area (Å²) >= 11 is 0. The molecule has 0 spiro atoms. The monoisotopic (exact) mass is 268 g/mol. The number of amides is 2. The summed E-state index contributed by atoms with van der Waals surface area (Å²) in [5.74, 6) is -1.13. The molecule has 0 aliphatic carbocycles. The van der Waals surface area contributed by atoms with Gasteiger partial charge >= 0.3 is 5.76 Å². The predicted molar refractivity (Wildman–Crippen MR) is 63.9 cm³/mol. The van der Waals surface area contributed by atoms with Crippen LogP contribution < -0.4 is 11.1 Å². The zero-order valence-corrected chi connectivity index (χ0v) is 10.9. The van der Waals surface area contributed by atoms with Crippen LogP contribution in [0.2, 0.25) is 0 Å². The highest BCUT2D eigenvalue weighted by Crippen LogP contribution is 2.29. The quantitative estimate of drug-likeness (QED) is 0.700. The minimum Gasteiger partial charge on any atom is -0.391 e. The second-order valence-corrected chi connectivity index (χ2v) is 4.86. The van der Waals surface area contributed by atoms with Crippen molar-refractivity contribution in [3.63, 3.8) is 0 Å². The molecule has 19 heavy (non-hydrogen) atoms. The summed E-state index contributed by atoms with van der Waals surface area (Å²) < 4.78 is 4.73. The zero-order chi connectivity index (χ0) is 14.0. The maximum atomic E-state index is 12.3. The molecule has 8 heteroatoms. The summed E-state index contributed by atoms with van der Waals surface area (Å²) in [7, 11) is 1.55. The lowest BCUT2D eigenvalue weighted by atomic mass is 9.80. The lowest BCUT2D eigenvalue weighted by molar-refractivity contribution is -0.151. The molecule has 1 aromatic rings. The summed E-state index contributed by atoms with van der Waals surface area (Å²) in [5, 5.41) is 8.44. The van der Waals surface area contributed by atoms with E-state index in [1.165, 1.54) is 4.90 Å². The van der Waals surface area contributed by atoms with Gasteiger partial charge in [-0.15, -0.1) is 5.10 Å². The largest absolute Gasteiger partial charge is 0.434 e. The zero-order valence-electron chi connectivity index (χ0n) is 10.9. The fourth-order valence-electron chi connectivity index (χ4n) is 2.18. The van der Waals surface area contributed by atoms with Crippen LogP contribution in [0.15, 0.2) is 9.21 Å². The van der Waals surface area contributed by atoms with E-state index in [0.717, 1.165) is 6.42 Å². The minimum atomic E-state index is -1.07. The maximum Gasteiger partial charge on any atom is 0.434 e. The van der Waals surface area contributed by atoms with Crippen LogP contribution in [0.25, 0.3) is 0 Å². The van der Waals surface area contributed by atoms with Gasteiger partial charge in [-0.3, -0.25) is 9.59 Å². The molecule has 0 bridgehead atoms. The van der Waals surface area contributed by atoms with E-state index in [0.29, 0.717) is 13.0 Å². The molecule has 1 aliphatic heterocycles. The van der Waals surface area contributed by atoms with E-state index in [9.17, 15) is 14.4 Å². The molecule has 0 radical (unpaired) electrons. The molecule has 104 valence electrons. The van der Waals surface area contributed by atoms with Crippen LogP contribution in [-0.4, -0.2) is 40.5 Å². The van der Waals surface area contributed by atoms with E-state index in [2.05, 4.69) is 15.5 Å². The molecule has 1 atom stereocenters. The summed E-state index contributed by atoms with van der Waals surface area (Å²) in [5.41, 5.74) is -1.07. The Balaban J connectivity index is 2.10. The van der Waals surface area contributed by atoms with Gasteiger partial charge in [0, 0.05) is 13.6 Å². The van der Waals surface area contributed by atoms with Crippen LogP contribution in [0.3, 0.4) is 0 Å². The first kappa shape index (κ1) is 13.3. The van der Waals surface area contributed by atoms with Gasteiger partial charge < -0.3 is 14.6 Å². The molecular formula is C11H16N4O4. The van der Waals surface area contributed by atoms with Crippen molar-refractivity contribution >= 4 is 11.8 Å². The topological polar surface area (TPSA) is 108 Å². The minimum absolute atomic E-state index is 0.0421. The number of aromatic nitrogens is 2. The molecule has 1 saturated heterocycles. The Labute approximate surface area is 109 Å². The van der Waals surface area contributed by atoms with Gasteiger partial charge in [0.25, 0.3) is 0 Å². The molecule has 2 N–H and O–H groups in total. The number of carbonyl (C=O) groups excluding carboxylic acids is 2. The van der Waals surface area contributed by atoms with Crippen LogP contribution >= 0.6 is 0 Å². The Morgan fingerprint density at radius 1 is 1.53 bits per heavy atom. The normalized spacial score (nSPS) is 22.9. The third-order valence-electron chi connectivity index (χ3n) is 3.31. The predicted octanol–water partition coefficient (Wildman–Crippen LogP) is -0.762. The number of hydrogen-bond donors (Lipinski definition) is 2. The number of hydrogen-bond acceptors (Lipinski definition) is 5. The van der Waals surface area contributed by atoms with Crippen molar-refractivity contribution in [2.75, 3.05) is 13.6 Å². The second-order valence-electron chi connectivity index (χ2n) is 4.86. The van der Waals surface area contributed by atoms with Crippen LogP contribution in [0, 0.1) is 5.41 Å². The molecule has 1 fully saturated rings. The highest BCUT2D eigenvalue weighted by molar-refractivity contribution is 6.04. The van der Waals surface area contributed by atoms with E-state index < -0.39 is 11.2 Å². The second kappa shape index (κ2) is 4.87. The van der Waals surface area contributed by atoms with Crippen LogP contribution in [0.1, 0.15) is 25.7 Å². The van der Waals surface area contributed by atoms with Gasteiger partial charge in [-0.1, -0.05) is 0 Å². The number of nitrogens with one attached hydrogen (secondary N) is 2. The molecule has 1 aromatic heterocycles. The Kier molecular flexibility index (Phi) is 3.41. The summed E-state index contributed by atoms with van der Waals surface area (Å²) in [4.78, 5) is 36.4. The number of aromatic amines is 1. The van der Waals surface area contributed by atoms with E-state index in [-0.39, 0.29) is 24.2 Å². The summed E-state index contributed by atoms with van der Waals surface area (Å²) in [6.45, 7) is 2.27. The molecule has 0 saturated carbocycles. The van der Waals surface area contributed by atoms with Crippen molar-refractivity contribution in [2.45, 2.75) is 26.3 Å². The maximum absolute atomic E-state index is 12.3. The lowest BCUT2D eigenvalue weighted by Crippen LogP contribution is -2.53. The van der Waals surface area contributed by atoms with Crippen molar-refractivity contribution in [3.05, 3.63) is 16.4 Å². The number of carbonyl (C=O) groups is 2. The Bertz CT molecular complexity index is 549. The molecular weight excluding hydrogens is 252 g/mol. The third kappa shape index (κ3) is 2.51. The van der Waals surface area contributed by atoms with Crippen molar-refractivity contribution in [3.8, 4) is 0 Å². The van der Waals surface area contributed by atoms with Crippen molar-refractivity contribution < 1.29 is 14.0 Å². The standard InChI is InChI=1S/C11H16N4O4/c1-11(4-3-5-12-8(11)16)9(17)15(2)6-7-13-14-10(18)19-7/h3-6H2,1-2H3,(H,12,16)(H,14,18). The fourth-order valence-corrected chi connectivity index (χ4v) is 2.18. The molecule has 8 nitrogen and oxygen atoms in total. The summed E-state index contributed by atoms with van der Waals surface area (Å²) in [6.07, 6.45) is 1.27. The van der Waals surface area contributed by atoms with Crippen LogP contribution in [0.5, 0.6) is 0 Å². The van der Waals surface area contributed by atoms with E-state index >= 15 is 0 Å². The molecule has 2 amide bonds. The Morgan fingerprint density at radius 3 is 2.84 bits per heavy atom.